The second-order valence-corrected chi connectivity index (χ2v) is 7.88. The molecule has 5 atom stereocenters. The first-order valence-corrected chi connectivity index (χ1v) is 9.29. The van der Waals surface area contributed by atoms with E-state index in [1.165, 1.54) is 0 Å². The molecular formula is C18H23F3O7. The van der Waals surface area contributed by atoms with Crippen molar-refractivity contribution >= 4 is 17.9 Å². The van der Waals surface area contributed by atoms with Crippen LogP contribution in [0.15, 0.2) is 0 Å². The molecule has 1 aliphatic carbocycles. The summed E-state index contributed by atoms with van der Waals surface area (Å²) in [5.41, 5.74) is -3.59. The fraction of sp³-hybridized carbons (Fsp3) is 0.833. The van der Waals surface area contributed by atoms with Crippen LogP contribution in [0, 0.1) is 10.8 Å². The molecule has 0 N–H and O–H groups in total. The van der Waals surface area contributed by atoms with Gasteiger partial charge in [-0.05, 0) is 26.2 Å². The first-order chi connectivity index (χ1) is 13.0. The van der Waals surface area contributed by atoms with Gasteiger partial charge in [-0.2, -0.15) is 13.2 Å². The summed E-state index contributed by atoms with van der Waals surface area (Å²) < 4.78 is 60.6. The molecule has 2 aliphatic heterocycles. The number of esters is 3. The Bertz CT molecular complexity index is 664. The lowest BCUT2D eigenvalue weighted by Gasteiger charge is -2.35. The fourth-order valence-corrected chi connectivity index (χ4v) is 3.71. The van der Waals surface area contributed by atoms with Crippen molar-refractivity contribution in [3.05, 3.63) is 0 Å². The Morgan fingerprint density at radius 2 is 2.00 bits per heavy atom. The quantitative estimate of drug-likeness (QED) is 0.492. The zero-order valence-corrected chi connectivity index (χ0v) is 15.7. The summed E-state index contributed by atoms with van der Waals surface area (Å²) in [7, 11) is 0. The molecule has 3 aliphatic rings. The molecule has 2 heterocycles. The molecule has 0 aromatic rings. The zero-order chi connectivity index (χ0) is 20.7. The van der Waals surface area contributed by atoms with E-state index in [4.69, 9.17) is 18.9 Å². The highest BCUT2D eigenvalue weighted by molar-refractivity contribution is 5.81. The van der Waals surface area contributed by atoms with Gasteiger partial charge in [-0.1, -0.05) is 6.92 Å². The number of fused-ring (bicyclic) bond motifs is 2. The Morgan fingerprint density at radius 1 is 1.29 bits per heavy atom. The van der Waals surface area contributed by atoms with Crippen molar-refractivity contribution in [1.29, 1.82) is 0 Å². The largest absolute Gasteiger partial charge is 0.464 e. The van der Waals surface area contributed by atoms with Crippen molar-refractivity contribution in [1.82, 2.24) is 0 Å². The lowest BCUT2D eigenvalue weighted by atomic mass is 9.73. The van der Waals surface area contributed by atoms with Gasteiger partial charge in [-0.25, -0.2) is 4.79 Å². The van der Waals surface area contributed by atoms with E-state index in [9.17, 15) is 27.6 Å². The first-order valence-electron chi connectivity index (χ1n) is 9.29. The maximum Gasteiger partial charge on any atom is 0.405 e. The van der Waals surface area contributed by atoms with E-state index in [2.05, 4.69) is 0 Å². The number of rotatable bonds is 6. The van der Waals surface area contributed by atoms with Gasteiger partial charge in [-0.15, -0.1) is 0 Å². The second-order valence-electron chi connectivity index (χ2n) is 7.88. The van der Waals surface area contributed by atoms with Crippen molar-refractivity contribution in [2.75, 3.05) is 13.2 Å². The van der Waals surface area contributed by atoms with Crippen LogP contribution in [0.1, 0.15) is 46.0 Å². The standard InChI is InChI=1S/C18H23F3O7/c1-3-16(2,9-26-11-5-7-25-13(11)22)14(23)27-10-4-6-17(18(19,20)21)8-12(10)28-15(17)24/h10-12H,3-9H2,1-2H3. The van der Waals surface area contributed by atoms with E-state index >= 15 is 0 Å². The summed E-state index contributed by atoms with van der Waals surface area (Å²) in [4.78, 5) is 36.0. The molecule has 2 saturated heterocycles. The van der Waals surface area contributed by atoms with Crippen LogP contribution in [-0.2, 0) is 33.3 Å². The molecule has 158 valence electrons. The van der Waals surface area contributed by atoms with Crippen LogP contribution in [-0.4, -0.2) is 55.6 Å². The molecule has 0 amide bonds. The number of hydrogen-bond donors (Lipinski definition) is 0. The highest BCUT2D eigenvalue weighted by Crippen LogP contribution is 2.55. The van der Waals surface area contributed by atoms with E-state index in [-0.39, 0.29) is 19.6 Å². The first kappa shape index (κ1) is 20.9. The number of ether oxygens (including phenoxy) is 4. The Labute approximate surface area is 159 Å². The minimum absolute atomic E-state index is 0.0915. The fourth-order valence-electron chi connectivity index (χ4n) is 3.71. The smallest absolute Gasteiger partial charge is 0.405 e. The van der Waals surface area contributed by atoms with Crippen molar-refractivity contribution in [2.24, 2.45) is 10.8 Å². The average Bonchev–Trinajstić information content (AvgIpc) is 3.16. The summed E-state index contributed by atoms with van der Waals surface area (Å²) in [6.45, 7) is 3.50. The number of carbonyl (C=O) groups excluding carboxylic acids is 3. The van der Waals surface area contributed by atoms with Crippen LogP contribution in [0.2, 0.25) is 0 Å². The number of halogens is 3. The Morgan fingerprint density at radius 3 is 2.57 bits per heavy atom. The Balaban J connectivity index is 1.62. The van der Waals surface area contributed by atoms with E-state index in [0.717, 1.165) is 0 Å². The number of cyclic esters (lactones) is 1. The zero-order valence-electron chi connectivity index (χ0n) is 15.7. The van der Waals surface area contributed by atoms with E-state index in [1.54, 1.807) is 13.8 Å². The van der Waals surface area contributed by atoms with Gasteiger partial charge in [0.2, 0.25) is 0 Å². The van der Waals surface area contributed by atoms with Gasteiger partial charge in [0.25, 0.3) is 0 Å². The Kier molecular flexibility index (Phi) is 5.37. The summed E-state index contributed by atoms with van der Waals surface area (Å²) in [6.07, 6.45) is -7.89. The van der Waals surface area contributed by atoms with Gasteiger partial charge in [0.15, 0.2) is 11.5 Å². The lowest BCUT2D eigenvalue weighted by Crippen LogP contribution is -2.47. The van der Waals surface area contributed by atoms with Crippen LogP contribution in [0.4, 0.5) is 13.2 Å². The summed E-state index contributed by atoms with van der Waals surface area (Å²) in [5.74, 6) is -2.45. The molecule has 0 spiro atoms. The van der Waals surface area contributed by atoms with Crippen LogP contribution in [0.5, 0.6) is 0 Å². The molecule has 5 unspecified atom stereocenters. The Hall–Kier alpha value is -1.84. The maximum atomic E-state index is 13.3. The SMILES string of the molecule is CCC(C)(COC1CCOC1=O)C(=O)OC1CCC2(C(F)(F)F)CC1OC2=O. The van der Waals surface area contributed by atoms with Crippen molar-refractivity contribution < 1.29 is 46.5 Å². The van der Waals surface area contributed by atoms with Gasteiger partial charge in [-0.3, -0.25) is 9.59 Å². The van der Waals surface area contributed by atoms with Crippen molar-refractivity contribution in [3.8, 4) is 0 Å². The molecule has 0 aromatic carbocycles. The third-order valence-corrected chi connectivity index (χ3v) is 6.03. The normalized spacial score (nSPS) is 34.5. The van der Waals surface area contributed by atoms with Crippen LogP contribution < -0.4 is 0 Å². The third-order valence-electron chi connectivity index (χ3n) is 6.03. The van der Waals surface area contributed by atoms with Crippen LogP contribution in [0.25, 0.3) is 0 Å². The number of carbonyl (C=O) groups is 3. The molecule has 0 radical (unpaired) electrons. The van der Waals surface area contributed by atoms with Crippen molar-refractivity contribution in [3.63, 3.8) is 0 Å². The molecule has 3 fully saturated rings. The summed E-state index contributed by atoms with van der Waals surface area (Å²) >= 11 is 0. The van der Waals surface area contributed by atoms with E-state index in [0.29, 0.717) is 12.8 Å². The summed E-state index contributed by atoms with van der Waals surface area (Å²) in [5, 5.41) is 0. The monoisotopic (exact) mass is 408 g/mol. The molecule has 2 bridgehead atoms. The van der Waals surface area contributed by atoms with E-state index < -0.39 is 66.1 Å². The number of hydrogen-bond acceptors (Lipinski definition) is 7. The minimum atomic E-state index is -4.70. The molecule has 3 rings (SSSR count). The lowest BCUT2D eigenvalue weighted by molar-refractivity contribution is -0.227. The second kappa shape index (κ2) is 7.20. The highest BCUT2D eigenvalue weighted by Gasteiger charge is 2.69. The van der Waals surface area contributed by atoms with Crippen molar-refractivity contribution in [2.45, 2.75) is 70.4 Å². The topological polar surface area (TPSA) is 88.1 Å². The maximum absolute atomic E-state index is 13.3. The number of alkyl halides is 3. The predicted octanol–water partition coefficient (Wildman–Crippen LogP) is 2.30. The van der Waals surface area contributed by atoms with Gasteiger partial charge < -0.3 is 18.9 Å². The van der Waals surface area contributed by atoms with Gasteiger partial charge in [0.1, 0.15) is 12.2 Å². The molecule has 28 heavy (non-hydrogen) atoms. The van der Waals surface area contributed by atoms with Gasteiger partial charge in [0, 0.05) is 12.8 Å². The molecule has 0 aromatic heterocycles. The molecule has 1 saturated carbocycles. The average molecular weight is 408 g/mol. The summed E-state index contributed by atoms with van der Waals surface area (Å²) in [6, 6.07) is 0. The molecule has 10 heteroatoms. The highest BCUT2D eigenvalue weighted by atomic mass is 19.4. The van der Waals surface area contributed by atoms with Gasteiger partial charge >= 0.3 is 24.1 Å². The molecule has 7 nitrogen and oxygen atoms in total. The van der Waals surface area contributed by atoms with Crippen LogP contribution in [0.3, 0.4) is 0 Å². The van der Waals surface area contributed by atoms with Crippen LogP contribution >= 0.6 is 0 Å². The molecular weight excluding hydrogens is 385 g/mol. The van der Waals surface area contributed by atoms with Gasteiger partial charge in [0.05, 0.1) is 18.6 Å². The third kappa shape index (κ3) is 3.46. The minimum Gasteiger partial charge on any atom is -0.464 e. The predicted molar refractivity (Wildman–Crippen MR) is 85.8 cm³/mol. The van der Waals surface area contributed by atoms with E-state index in [1.807, 2.05) is 0 Å².